The molecule has 1 saturated heterocycles. The molecule has 0 aliphatic carbocycles. The number of fused-ring (bicyclic) bond motifs is 2. The van der Waals surface area contributed by atoms with E-state index in [0.29, 0.717) is 42.4 Å². The molecule has 0 spiro atoms. The molecular formula is C22H25FN6O3. The van der Waals surface area contributed by atoms with E-state index in [1.54, 1.807) is 6.07 Å². The topological polar surface area (TPSA) is 116 Å². The molecule has 9 nitrogen and oxygen atoms in total. The molecule has 0 atom stereocenters. The minimum absolute atomic E-state index is 0.102. The first kappa shape index (κ1) is 20.8. The Morgan fingerprint density at radius 2 is 2.16 bits per heavy atom. The fraction of sp³-hybridized carbons (Fsp3) is 0.455. The first-order chi connectivity index (χ1) is 15.6. The number of carbonyl (C=O) groups excluding carboxylic acids is 1. The number of piperidine rings is 1. The number of nitrogens with one attached hydrogen (secondary N) is 3. The van der Waals surface area contributed by atoms with Crippen molar-refractivity contribution in [3.63, 3.8) is 0 Å². The number of amides is 1. The quantitative estimate of drug-likeness (QED) is 0.552. The molecule has 1 aromatic carbocycles. The molecule has 3 aromatic rings. The molecule has 168 valence electrons. The van der Waals surface area contributed by atoms with E-state index in [9.17, 15) is 14.0 Å². The van der Waals surface area contributed by atoms with E-state index in [-0.39, 0.29) is 30.4 Å². The van der Waals surface area contributed by atoms with Crippen LogP contribution < -0.4 is 10.9 Å². The Morgan fingerprint density at radius 1 is 1.31 bits per heavy atom. The summed E-state index contributed by atoms with van der Waals surface area (Å²) in [5, 5.41) is 11.1. The van der Waals surface area contributed by atoms with Crippen molar-refractivity contribution in [2.75, 3.05) is 26.2 Å². The zero-order valence-electron chi connectivity index (χ0n) is 17.6. The summed E-state index contributed by atoms with van der Waals surface area (Å²) >= 11 is 0. The molecule has 32 heavy (non-hydrogen) atoms. The molecule has 4 heterocycles. The molecule has 1 amide bonds. The molecule has 0 saturated carbocycles. The first-order valence-corrected chi connectivity index (χ1v) is 10.9. The van der Waals surface area contributed by atoms with Crippen molar-refractivity contribution in [1.29, 1.82) is 0 Å². The van der Waals surface area contributed by atoms with Crippen molar-refractivity contribution in [3.8, 4) is 0 Å². The van der Waals surface area contributed by atoms with Crippen LogP contribution in [0.25, 0.3) is 10.9 Å². The highest BCUT2D eigenvalue weighted by Crippen LogP contribution is 2.31. The number of nitrogens with zero attached hydrogens (tertiary/aromatic N) is 3. The van der Waals surface area contributed by atoms with Gasteiger partial charge in [-0.05, 0) is 38.1 Å². The molecule has 2 aromatic heterocycles. The SMILES string of the molecule is O=C(CN1CCC(c2[nH]nc3cc(F)ccc23)CC1)NCc1nc2c(c(=O)[nH]1)COCC2. The van der Waals surface area contributed by atoms with Crippen LogP contribution in [-0.4, -0.2) is 57.2 Å². The number of hydrogen-bond donors (Lipinski definition) is 3. The number of likely N-dealkylation sites (tertiary alicyclic amines) is 1. The number of hydrogen-bond acceptors (Lipinski definition) is 6. The number of benzene rings is 1. The summed E-state index contributed by atoms with van der Waals surface area (Å²) in [7, 11) is 0. The van der Waals surface area contributed by atoms with Crippen LogP contribution in [0.15, 0.2) is 23.0 Å². The molecule has 10 heteroatoms. The fourth-order valence-electron chi connectivity index (χ4n) is 4.52. The summed E-state index contributed by atoms with van der Waals surface area (Å²) in [5.74, 6) is 0.374. The van der Waals surface area contributed by atoms with Crippen molar-refractivity contribution in [3.05, 3.63) is 57.1 Å². The van der Waals surface area contributed by atoms with Gasteiger partial charge in [-0.2, -0.15) is 5.10 Å². The molecule has 0 bridgehead atoms. The maximum atomic E-state index is 13.4. The third-order valence-corrected chi connectivity index (χ3v) is 6.24. The van der Waals surface area contributed by atoms with Gasteiger partial charge in [0.25, 0.3) is 5.56 Å². The van der Waals surface area contributed by atoms with Gasteiger partial charge >= 0.3 is 0 Å². The zero-order valence-corrected chi connectivity index (χ0v) is 17.6. The van der Waals surface area contributed by atoms with Gasteiger partial charge < -0.3 is 15.0 Å². The average Bonchev–Trinajstić information content (AvgIpc) is 3.21. The van der Waals surface area contributed by atoms with Gasteiger partial charge in [-0.3, -0.25) is 19.6 Å². The Morgan fingerprint density at radius 3 is 3.00 bits per heavy atom. The molecular weight excluding hydrogens is 415 g/mol. The van der Waals surface area contributed by atoms with Crippen LogP contribution in [0.1, 0.15) is 41.5 Å². The lowest BCUT2D eigenvalue weighted by Gasteiger charge is -2.31. The molecule has 0 radical (unpaired) electrons. The molecule has 3 N–H and O–H groups in total. The predicted octanol–water partition coefficient (Wildman–Crippen LogP) is 1.35. The Labute approximate surface area is 183 Å². The lowest BCUT2D eigenvalue weighted by molar-refractivity contribution is -0.122. The molecule has 2 aliphatic heterocycles. The maximum Gasteiger partial charge on any atom is 0.256 e. The second kappa shape index (κ2) is 8.79. The summed E-state index contributed by atoms with van der Waals surface area (Å²) in [5.41, 5.74) is 2.81. The normalized spacial score (nSPS) is 17.4. The van der Waals surface area contributed by atoms with E-state index in [1.165, 1.54) is 12.1 Å². The number of H-pyrrole nitrogens is 2. The number of ether oxygens (including phenoxy) is 1. The first-order valence-electron chi connectivity index (χ1n) is 10.9. The van der Waals surface area contributed by atoms with Crippen LogP contribution in [0.4, 0.5) is 4.39 Å². The number of carbonyl (C=O) groups is 1. The lowest BCUT2D eigenvalue weighted by Crippen LogP contribution is -2.41. The number of halogens is 1. The summed E-state index contributed by atoms with van der Waals surface area (Å²) in [6.45, 7) is 2.89. The Kier molecular flexibility index (Phi) is 5.71. The highest BCUT2D eigenvalue weighted by Gasteiger charge is 2.25. The number of rotatable bonds is 5. The van der Waals surface area contributed by atoms with Crippen molar-refractivity contribution >= 4 is 16.8 Å². The van der Waals surface area contributed by atoms with Crippen LogP contribution >= 0.6 is 0 Å². The Hall–Kier alpha value is -3.11. The Bertz CT molecular complexity index is 1200. The average molecular weight is 440 g/mol. The van der Waals surface area contributed by atoms with Crippen LogP contribution in [0.3, 0.4) is 0 Å². The lowest BCUT2D eigenvalue weighted by atomic mass is 9.91. The summed E-state index contributed by atoms with van der Waals surface area (Å²) in [6, 6.07) is 4.67. The van der Waals surface area contributed by atoms with Crippen LogP contribution in [0, 0.1) is 5.82 Å². The van der Waals surface area contributed by atoms with E-state index in [1.807, 2.05) is 0 Å². The number of aromatic nitrogens is 4. The van der Waals surface area contributed by atoms with Gasteiger partial charge in [0.2, 0.25) is 5.91 Å². The Balaban J connectivity index is 1.13. The summed E-state index contributed by atoms with van der Waals surface area (Å²) in [4.78, 5) is 33.9. The summed E-state index contributed by atoms with van der Waals surface area (Å²) < 4.78 is 18.7. The fourth-order valence-corrected chi connectivity index (χ4v) is 4.52. The van der Waals surface area contributed by atoms with Crippen molar-refractivity contribution in [2.24, 2.45) is 0 Å². The standard InChI is InChI=1S/C22H25FN6O3/c23-14-1-2-15-18(9-14)27-28-21(15)13-3-6-29(7-4-13)11-20(30)24-10-19-25-17-5-8-32-12-16(17)22(31)26-19/h1-2,9,13H,3-8,10-12H2,(H,24,30)(H,27,28)(H,25,26,31). The zero-order chi connectivity index (χ0) is 22.1. The van der Waals surface area contributed by atoms with Crippen molar-refractivity contribution in [2.45, 2.75) is 38.3 Å². The minimum atomic E-state index is -0.292. The second-order valence-corrected chi connectivity index (χ2v) is 8.37. The predicted molar refractivity (Wildman–Crippen MR) is 115 cm³/mol. The summed E-state index contributed by atoms with van der Waals surface area (Å²) in [6.07, 6.45) is 2.39. The molecule has 2 aliphatic rings. The van der Waals surface area contributed by atoms with E-state index in [4.69, 9.17) is 4.74 Å². The largest absolute Gasteiger partial charge is 0.376 e. The van der Waals surface area contributed by atoms with E-state index in [0.717, 1.165) is 42.7 Å². The third-order valence-electron chi connectivity index (χ3n) is 6.24. The van der Waals surface area contributed by atoms with Crippen molar-refractivity contribution < 1.29 is 13.9 Å². The van der Waals surface area contributed by atoms with Gasteiger partial charge in [0.15, 0.2) is 0 Å². The van der Waals surface area contributed by atoms with Crippen LogP contribution in [0.2, 0.25) is 0 Å². The van der Waals surface area contributed by atoms with E-state index < -0.39 is 0 Å². The highest BCUT2D eigenvalue weighted by atomic mass is 19.1. The van der Waals surface area contributed by atoms with Gasteiger partial charge in [-0.15, -0.1) is 0 Å². The molecule has 5 rings (SSSR count). The highest BCUT2D eigenvalue weighted by molar-refractivity contribution is 5.82. The molecule has 0 unspecified atom stereocenters. The van der Waals surface area contributed by atoms with Crippen LogP contribution in [-0.2, 0) is 29.1 Å². The maximum absolute atomic E-state index is 13.4. The third kappa shape index (κ3) is 4.28. The molecule has 1 fully saturated rings. The van der Waals surface area contributed by atoms with Gasteiger partial charge in [-0.1, -0.05) is 0 Å². The van der Waals surface area contributed by atoms with Gasteiger partial charge in [-0.25, -0.2) is 9.37 Å². The van der Waals surface area contributed by atoms with Gasteiger partial charge in [0.05, 0.1) is 43.1 Å². The van der Waals surface area contributed by atoms with Crippen molar-refractivity contribution in [1.82, 2.24) is 30.4 Å². The van der Waals surface area contributed by atoms with E-state index >= 15 is 0 Å². The van der Waals surface area contributed by atoms with Gasteiger partial charge in [0, 0.05) is 29.5 Å². The second-order valence-electron chi connectivity index (χ2n) is 8.37. The number of aromatic amines is 2. The minimum Gasteiger partial charge on any atom is -0.376 e. The smallest absolute Gasteiger partial charge is 0.256 e. The van der Waals surface area contributed by atoms with Gasteiger partial charge in [0.1, 0.15) is 11.6 Å². The van der Waals surface area contributed by atoms with Crippen LogP contribution in [0.5, 0.6) is 0 Å². The monoisotopic (exact) mass is 440 g/mol. The van der Waals surface area contributed by atoms with E-state index in [2.05, 4.69) is 30.4 Å².